The van der Waals surface area contributed by atoms with Gasteiger partial charge in [0.1, 0.15) is 64.4 Å². The Morgan fingerprint density at radius 3 is 2.22 bits per heavy atom. The molecule has 36 heavy (non-hydrogen) atoms. The lowest BCUT2D eigenvalue weighted by Gasteiger charge is -2.30. The molecule has 0 saturated carbocycles. The second-order valence-corrected chi connectivity index (χ2v) is 8.00. The Hall–Kier alpha value is -3.23. The molecule has 0 spiro atoms. The smallest absolute Gasteiger partial charge is 0.504 e. The predicted molar refractivity (Wildman–Crippen MR) is 132 cm³/mol. The monoisotopic (exact) mass is 475 g/mol. The van der Waals surface area contributed by atoms with Gasteiger partial charge in [-0.15, -0.1) is 13.2 Å². The predicted octanol–water partition coefficient (Wildman–Crippen LogP) is -1.76. The average Bonchev–Trinajstić information content (AvgIpc) is 2.89. The Balaban J connectivity index is 1.81. The highest BCUT2D eigenvalue weighted by Gasteiger charge is 2.35. The van der Waals surface area contributed by atoms with Crippen LogP contribution in [0, 0.1) is 0 Å². The summed E-state index contributed by atoms with van der Waals surface area (Å²) < 4.78 is 48.0. The Morgan fingerprint density at radius 2 is 1.64 bits per heavy atom. The molecule has 0 atom stereocenters. The van der Waals surface area contributed by atoms with Crippen LogP contribution in [0.15, 0.2) is 36.7 Å². The molecule has 1 aromatic heterocycles. The zero-order chi connectivity index (χ0) is 26.4. The van der Waals surface area contributed by atoms with Gasteiger partial charge in [0.25, 0.3) is 5.91 Å². The van der Waals surface area contributed by atoms with Crippen molar-refractivity contribution in [2.24, 2.45) is 0 Å². The van der Waals surface area contributed by atoms with Crippen molar-refractivity contribution >= 4 is 74.8 Å². The summed E-state index contributed by atoms with van der Waals surface area (Å²) in [4.78, 5) is 22.9. The fourth-order valence-electron chi connectivity index (χ4n) is 3.77. The first-order valence-electron chi connectivity index (χ1n) is 10.3. The number of aromatic nitrogens is 2. The maximum Gasteiger partial charge on any atom is 0.573 e. The van der Waals surface area contributed by atoms with Crippen LogP contribution in [0.5, 0.6) is 11.5 Å². The van der Waals surface area contributed by atoms with Crippen LogP contribution in [0.3, 0.4) is 0 Å². The van der Waals surface area contributed by atoms with Gasteiger partial charge in [0.15, 0.2) is 0 Å². The lowest BCUT2D eigenvalue weighted by Crippen LogP contribution is -2.48. The first kappa shape index (κ1) is 25.9. The molecule has 0 N–H and O–H groups in total. The number of ether oxygens (including phenoxy) is 2. The summed E-state index contributed by atoms with van der Waals surface area (Å²) in [6.45, 7) is -0.238. The molecular formula is C21H10B6F3N3O3. The van der Waals surface area contributed by atoms with E-state index < -0.39 is 34.3 Å². The van der Waals surface area contributed by atoms with E-state index in [2.05, 4.69) is 14.7 Å². The van der Waals surface area contributed by atoms with Gasteiger partial charge in [-0.25, -0.2) is 9.97 Å². The van der Waals surface area contributed by atoms with E-state index in [1.165, 1.54) is 35.5 Å². The third-order valence-electron chi connectivity index (χ3n) is 5.30. The van der Waals surface area contributed by atoms with Crippen molar-refractivity contribution in [3.63, 3.8) is 0 Å². The Morgan fingerprint density at radius 1 is 1.03 bits per heavy atom. The van der Waals surface area contributed by atoms with Crippen molar-refractivity contribution in [3.8, 4) is 22.6 Å². The summed E-state index contributed by atoms with van der Waals surface area (Å²) in [6.07, 6.45) is -2.06. The second kappa shape index (κ2) is 9.33. The van der Waals surface area contributed by atoms with Crippen LogP contribution >= 0.6 is 0 Å². The fourth-order valence-corrected chi connectivity index (χ4v) is 3.77. The Bertz CT molecular complexity index is 1310. The molecule has 4 rings (SSSR count). The van der Waals surface area contributed by atoms with Crippen molar-refractivity contribution in [3.05, 3.63) is 48.0 Å². The van der Waals surface area contributed by atoms with Gasteiger partial charge in [-0.2, -0.15) is 0 Å². The number of nitrogens with zero attached hydrogens (tertiary/aromatic N) is 3. The molecule has 1 amide bonds. The minimum absolute atomic E-state index is 0.00377. The zero-order valence-electron chi connectivity index (χ0n) is 18.5. The molecule has 0 unspecified atom stereocenters. The molecule has 12 radical (unpaired) electrons. The molecule has 2 heterocycles. The van der Waals surface area contributed by atoms with E-state index in [0.29, 0.717) is 5.82 Å². The molecule has 3 aromatic rings. The molecule has 0 saturated heterocycles. The lowest BCUT2D eigenvalue weighted by atomic mass is 9.65. The van der Waals surface area contributed by atoms with Crippen molar-refractivity contribution in [2.45, 2.75) is 18.3 Å². The first-order valence-corrected chi connectivity index (χ1v) is 10.3. The number of carbonyl (C=O) groups excluding carboxylic acids is 1. The second-order valence-electron chi connectivity index (χ2n) is 8.00. The van der Waals surface area contributed by atoms with Crippen LogP contribution in [0.25, 0.3) is 11.1 Å². The summed E-state index contributed by atoms with van der Waals surface area (Å²) in [6, 6.07) is 5.82. The number of fused-ring (bicyclic) bond motifs is 1. The summed E-state index contributed by atoms with van der Waals surface area (Å²) in [5.74, 6) is -1.07. The zero-order valence-corrected chi connectivity index (χ0v) is 18.5. The number of amides is 1. The Labute approximate surface area is 212 Å². The van der Waals surface area contributed by atoms with Crippen LogP contribution in [0.2, 0.25) is 0 Å². The van der Waals surface area contributed by atoms with E-state index in [0.717, 1.165) is 0 Å². The normalized spacial score (nSPS) is 15.1. The number of halogens is 3. The van der Waals surface area contributed by atoms with Crippen molar-refractivity contribution < 1.29 is 27.4 Å². The van der Waals surface area contributed by atoms with Gasteiger partial charge in [0.2, 0.25) is 0 Å². The van der Waals surface area contributed by atoms with Crippen LogP contribution in [0.4, 0.5) is 13.2 Å². The van der Waals surface area contributed by atoms with Gasteiger partial charge >= 0.3 is 6.36 Å². The number of hydrogen-bond donors (Lipinski definition) is 0. The summed E-state index contributed by atoms with van der Waals surface area (Å²) in [7, 11) is 35.7. The quantitative estimate of drug-likeness (QED) is 0.420. The summed E-state index contributed by atoms with van der Waals surface area (Å²) in [5.41, 5.74) is -1.56. The van der Waals surface area contributed by atoms with E-state index >= 15 is 0 Å². The highest BCUT2D eigenvalue weighted by atomic mass is 19.4. The van der Waals surface area contributed by atoms with Crippen molar-refractivity contribution in [1.82, 2.24) is 14.9 Å². The minimum atomic E-state index is -5.08. The number of alkyl halides is 3. The van der Waals surface area contributed by atoms with E-state index in [9.17, 15) is 18.0 Å². The molecule has 0 aliphatic carbocycles. The van der Waals surface area contributed by atoms with E-state index in [4.69, 9.17) is 51.8 Å². The molecule has 1 aliphatic heterocycles. The number of rotatable bonds is 4. The summed E-state index contributed by atoms with van der Waals surface area (Å²) in [5, 5.41) is -1.75. The molecule has 6 nitrogen and oxygen atoms in total. The van der Waals surface area contributed by atoms with Gasteiger partial charge in [0.05, 0.1) is 12.1 Å². The number of carbonyl (C=O) groups is 1. The molecular weight excluding hydrogens is 464 g/mol. The van der Waals surface area contributed by atoms with Crippen LogP contribution in [-0.2, 0) is 6.54 Å². The topological polar surface area (TPSA) is 64.6 Å². The van der Waals surface area contributed by atoms with Gasteiger partial charge in [-0.05, 0) is 29.3 Å². The molecule has 1 aliphatic rings. The summed E-state index contributed by atoms with van der Waals surface area (Å²) >= 11 is 0. The van der Waals surface area contributed by atoms with Crippen molar-refractivity contribution in [2.75, 3.05) is 6.54 Å². The van der Waals surface area contributed by atoms with E-state index in [1.807, 2.05) is 0 Å². The maximum absolute atomic E-state index is 13.4. The molecule has 2 aromatic carbocycles. The van der Waals surface area contributed by atoms with Crippen LogP contribution in [0.1, 0.15) is 16.2 Å². The number of hydrogen-bond acceptors (Lipinski definition) is 5. The SMILES string of the molecule is [B]c1c([B])c(-c2ccc3c(c2)C(=O)N(Cc2ncccn2)CC([B])([B])O3)c([B])c([B])c1OC(F)(F)F. The maximum atomic E-state index is 13.4. The largest absolute Gasteiger partial charge is 0.573 e. The molecule has 0 bridgehead atoms. The minimum Gasteiger partial charge on any atom is -0.504 e. The third kappa shape index (κ3) is 5.15. The highest BCUT2D eigenvalue weighted by Crippen LogP contribution is 2.31. The number of benzene rings is 2. The van der Waals surface area contributed by atoms with Gasteiger partial charge in [-0.3, -0.25) is 4.79 Å². The standard InChI is InChI=1S/C21H10B6F3N3O3/c22-14-13(15(23)17(25)18(16(14)24)36-21(28,29)30)9-2-3-11-10(6-9)19(34)33(8-20(26,27)35-11)7-12-31-4-1-5-32-12/h1-6H,7-8H2. The average molecular weight is 474 g/mol. The van der Waals surface area contributed by atoms with E-state index in [-0.39, 0.29) is 46.5 Å². The molecule has 0 fully saturated rings. The van der Waals surface area contributed by atoms with Crippen molar-refractivity contribution in [1.29, 1.82) is 0 Å². The van der Waals surface area contributed by atoms with E-state index in [1.54, 1.807) is 6.07 Å². The third-order valence-corrected chi connectivity index (χ3v) is 5.30. The van der Waals surface area contributed by atoms with Gasteiger partial charge < -0.3 is 14.4 Å². The van der Waals surface area contributed by atoms with Gasteiger partial charge in [-0.1, -0.05) is 27.9 Å². The van der Waals surface area contributed by atoms with Crippen LogP contribution in [-0.4, -0.2) is 86.2 Å². The Kier molecular flexibility index (Phi) is 6.70. The molecule has 15 heteroatoms. The highest BCUT2D eigenvalue weighted by molar-refractivity contribution is 6.61. The fraction of sp³-hybridized carbons (Fsp3) is 0.190. The lowest BCUT2D eigenvalue weighted by molar-refractivity contribution is -0.273. The van der Waals surface area contributed by atoms with Crippen LogP contribution < -0.4 is 31.3 Å². The van der Waals surface area contributed by atoms with Gasteiger partial charge in [0, 0.05) is 24.3 Å². The first-order chi connectivity index (χ1) is 16.8. The molecule has 166 valence electrons.